The van der Waals surface area contributed by atoms with Gasteiger partial charge in [-0.05, 0) is 56.7 Å². The number of nitrogens with one attached hydrogen (secondary N) is 3. The monoisotopic (exact) mass is 389 g/mol. The average molecular weight is 389 g/mol. The number of aryl methyl sites for hydroxylation is 3. The Kier molecular flexibility index (Phi) is 5.87. The van der Waals surface area contributed by atoms with Crippen LogP contribution in [0.2, 0.25) is 0 Å². The van der Waals surface area contributed by atoms with Crippen molar-refractivity contribution in [1.82, 2.24) is 9.97 Å². The molecule has 2 aromatic carbocycles. The standard InChI is InChI=1S/C22H23N5O2/c1-13-8-9-19(14(2)10-13)26-21(29)20-11-15(3)23-22(27-20)25-18-7-5-6-17(12-18)24-16(4)28/h5-12H,1-4H3,(H,24,28)(H,26,29)(H,23,25,27). The summed E-state index contributed by atoms with van der Waals surface area (Å²) >= 11 is 0. The molecule has 0 saturated carbocycles. The lowest BCUT2D eigenvalue weighted by atomic mass is 10.1. The second-order valence-corrected chi connectivity index (χ2v) is 6.88. The van der Waals surface area contributed by atoms with Crippen LogP contribution in [0.15, 0.2) is 48.5 Å². The van der Waals surface area contributed by atoms with Crippen molar-refractivity contribution in [2.24, 2.45) is 0 Å². The highest BCUT2D eigenvalue weighted by molar-refractivity contribution is 6.03. The third-order valence-corrected chi connectivity index (χ3v) is 4.16. The van der Waals surface area contributed by atoms with E-state index >= 15 is 0 Å². The van der Waals surface area contributed by atoms with Crippen molar-refractivity contribution < 1.29 is 9.59 Å². The van der Waals surface area contributed by atoms with E-state index in [-0.39, 0.29) is 17.5 Å². The first-order valence-corrected chi connectivity index (χ1v) is 9.19. The molecule has 0 fully saturated rings. The van der Waals surface area contributed by atoms with Crippen LogP contribution in [0.4, 0.5) is 23.0 Å². The van der Waals surface area contributed by atoms with E-state index in [4.69, 9.17) is 0 Å². The van der Waals surface area contributed by atoms with Crippen LogP contribution >= 0.6 is 0 Å². The first-order valence-electron chi connectivity index (χ1n) is 9.19. The topological polar surface area (TPSA) is 96.0 Å². The zero-order valence-electron chi connectivity index (χ0n) is 16.8. The molecule has 148 valence electrons. The van der Waals surface area contributed by atoms with Crippen LogP contribution in [0, 0.1) is 20.8 Å². The van der Waals surface area contributed by atoms with Gasteiger partial charge in [-0.2, -0.15) is 0 Å². The normalized spacial score (nSPS) is 10.3. The van der Waals surface area contributed by atoms with Gasteiger partial charge in [0.1, 0.15) is 5.69 Å². The second-order valence-electron chi connectivity index (χ2n) is 6.88. The highest BCUT2D eigenvalue weighted by Crippen LogP contribution is 2.20. The number of rotatable bonds is 5. The molecule has 0 radical (unpaired) electrons. The molecule has 3 N–H and O–H groups in total. The minimum atomic E-state index is -0.308. The molecule has 0 aliphatic rings. The van der Waals surface area contributed by atoms with Gasteiger partial charge in [0, 0.05) is 29.7 Å². The first kappa shape index (κ1) is 20.0. The lowest BCUT2D eigenvalue weighted by molar-refractivity contribution is -0.114. The van der Waals surface area contributed by atoms with Gasteiger partial charge in [0.2, 0.25) is 11.9 Å². The van der Waals surface area contributed by atoms with E-state index in [0.717, 1.165) is 16.8 Å². The van der Waals surface area contributed by atoms with E-state index in [1.807, 2.05) is 38.1 Å². The SMILES string of the molecule is CC(=O)Nc1cccc(Nc2nc(C)cc(C(=O)Nc3ccc(C)cc3C)n2)c1. The lowest BCUT2D eigenvalue weighted by Gasteiger charge is -2.11. The fourth-order valence-electron chi connectivity index (χ4n) is 2.89. The van der Waals surface area contributed by atoms with Crippen LogP contribution in [0.3, 0.4) is 0 Å². The Morgan fingerprint density at radius 1 is 0.862 bits per heavy atom. The fourth-order valence-corrected chi connectivity index (χ4v) is 2.89. The summed E-state index contributed by atoms with van der Waals surface area (Å²) < 4.78 is 0. The van der Waals surface area contributed by atoms with Gasteiger partial charge in [-0.3, -0.25) is 9.59 Å². The van der Waals surface area contributed by atoms with Gasteiger partial charge in [-0.1, -0.05) is 23.8 Å². The van der Waals surface area contributed by atoms with Crippen LogP contribution in [-0.2, 0) is 4.79 Å². The van der Waals surface area contributed by atoms with Crippen molar-refractivity contribution in [3.63, 3.8) is 0 Å². The fraction of sp³-hybridized carbons (Fsp3) is 0.182. The van der Waals surface area contributed by atoms with Crippen molar-refractivity contribution in [1.29, 1.82) is 0 Å². The maximum atomic E-state index is 12.7. The van der Waals surface area contributed by atoms with Crippen molar-refractivity contribution in [2.45, 2.75) is 27.7 Å². The Morgan fingerprint density at radius 3 is 2.34 bits per heavy atom. The molecule has 0 atom stereocenters. The summed E-state index contributed by atoms with van der Waals surface area (Å²) in [4.78, 5) is 32.6. The number of carbonyl (C=O) groups is 2. The van der Waals surface area contributed by atoms with Crippen molar-refractivity contribution in [2.75, 3.05) is 16.0 Å². The van der Waals surface area contributed by atoms with Gasteiger partial charge in [-0.25, -0.2) is 9.97 Å². The Labute approximate surface area is 169 Å². The lowest BCUT2D eigenvalue weighted by Crippen LogP contribution is -2.16. The molecule has 0 unspecified atom stereocenters. The van der Waals surface area contributed by atoms with Crippen molar-refractivity contribution in [3.05, 3.63) is 71.0 Å². The van der Waals surface area contributed by atoms with Gasteiger partial charge < -0.3 is 16.0 Å². The van der Waals surface area contributed by atoms with Crippen LogP contribution in [0.25, 0.3) is 0 Å². The maximum absolute atomic E-state index is 12.7. The molecule has 0 aliphatic heterocycles. The third-order valence-electron chi connectivity index (χ3n) is 4.16. The second kappa shape index (κ2) is 8.52. The summed E-state index contributed by atoms with van der Waals surface area (Å²) in [6.07, 6.45) is 0. The predicted octanol–water partition coefficient (Wildman–Crippen LogP) is 4.36. The van der Waals surface area contributed by atoms with Crippen LogP contribution in [0.5, 0.6) is 0 Å². The molecule has 1 aromatic heterocycles. The minimum absolute atomic E-state index is 0.153. The Hall–Kier alpha value is -3.74. The Bertz CT molecular complexity index is 1080. The van der Waals surface area contributed by atoms with Gasteiger partial charge in [0.15, 0.2) is 0 Å². The summed E-state index contributed by atoms with van der Waals surface area (Å²) in [5.74, 6) is -0.160. The zero-order chi connectivity index (χ0) is 21.0. The molecule has 3 rings (SSSR count). The molecule has 3 aromatic rings. The van der Waals surface area contributed by atoms with Crippen molar-refractivity contribution in [3.8, 4) is 0 Å². The van der Waals surface area contributed by atoms with E-state index in [0.29, 0.717) is 23.0 Å². The molecule has 0 aliphatic carbocycles. The van der Waals surface area contributed by atoms with Gasteiger partial charge in [-0.15, -0.1) is 0 Å². The van der Waals surface area contributed by atoms with E-state index in [1.54, 1.807) is 31.2 Å². The van der Waals surface area contributed by atoms with Crippen LogP contribution < -0.4 is 16.0 Å². The predicted molar refractivity (Wildman–Crippen MR) is 115 cm³/mol. The smallest absolute Gasteiger partial charge is 0.274 e. The molecule has 29 heavy (non-hydrogen) atoms. The Morgan fingerprint density at radius 2 is 1.62 bits per heavy atom. The first-order chi connectivity index (χ1) is 13.8. The van der Waals surface area contributed by atoms with Gasteiger partial charge in [0.05, 0.1) is 0 Å². The number of amides is 2. The van der Waals surface area contributed by atoms with E-state index in [9.17, 15) is 9.59 Å². The molecule has 0 saturated heterocycles. The van der Waals surface area contributed by atoms with Gasteiger partial charge >= 0.3 is 0 Å². The number of carbonyl (C=O) groups excluding carboxylic acids is 2. The van der Waals surface area contributed by atoms with E-state index in [2.05, 4.69) is 25.9 Å². The van der Waals surface area contributed by atoms with E-state index < -0.39 is 0 Å². The number of aromatic nitrogens is 2. The number of benzene rings is 2. The molecule has 0 spiro atoms. The zero-order valence-corrected chi connectivity index (χ0v) is 16.8. The van der Waals surface area contributed by atoms with Crippen molar-refractivity contribution >= 4 is 34.8 Å². The maximum Gasteiger partial charge on any atom is 0.274 e. The molecule has 7 nitrogen and oxygen atoms in total. The summed E-state index contributed by atoms with van der Waals surface area (Å²) in [5, 5.41) is 8.71. The number of hydrogen-bond donors (Lipinski definition) is 3. The molecular weight excluding hydrogens is 366 g/mol. The molecule has 2 amide bonds. The molecular formula is C22H23N5O2. The largest absolute Gasteiger partial charge is 0.326 e. The van der Waals surface area contributed by atoms with Gasteiger partial charge in [0.25, 0.3) is 5.91 Å². The minimum Gasteiger partial charge on any atom is -0.326 e. The summed E-state index contributed by atoms with van der Waals surface area (Å²) in [6, 6.07) is 14.7. The van der Waals surface area contributed by atoms with E-state index in [1.165, 1.54) is 6.92 Å². The molecule has 7 heteroatoms. The third kappa shape index (κ3) is 5.38. The number of hydrogen-bond acceptors (Lipinski definition) is 5. The quantitative estimate of drug-likeness (QED) is 0.603. The Balaban J connectivity index is 1.80. The summed E-state index contributed by atoms with van der Waals surface area (Å²) in [6.45, 7) is 7.20. The number of nitrogens with zero attached hydrogens (tertiary/aromatic N) is 2. The highest BCUT2D eigenvalue weighted by atomic mass is 16.2. The average Bonchev–Trinajstić information content (AvgIpc) is 2.63. The number of anilines is 4. The molecule has 1 heterocycles. The summed E-state index contributed by atoms with van der Waals surface area (Å²) in [5.41, 5.74) is 5.13. The highest BCUT2D eigenvalue weighted by Gasteiger charge is 2.12. The molecule has 0 bridgehead atoms. The van der Waals surface area contributed by atoms with Crippen LogP contribution in [-0.4, -0.2) is 21.8 Å². The van der Waals surface area contributed by atoms with Crippen LogP contribution in [0.1, 0.15) is 34.2 Å². The summed E-state index contributed by atoms with van der Waals surface area (Å²) in [7, 11) is 0.